The molecule has 1 fully saturated rings. The van der Waals surface area contributed by atoms with E-state index >= 15 is 0 Å². The Labute approximate surface area is 148 Å². The van der Waals surface area contributed by atoms with Crippen molar-refractivity contribution >= 4 is 47.4 Å². The summed E-state index contributed by atoms with van der Waals surface area (Å²) in [5.41, 5.74) is 7.40. The third-order valence-electron chi connectivity index (χ3n) is 3.45. The summed E-state index contributed by atoms with van der Waals surface area (Å²) in [6.45, 7) is 4.68. The number of nitrogens with one attached hydrogen (secondary N) is 1. The molecule has 0 aromatic heterocycles. The maximum atomic E-state index is 10.2. The van der Waals surface area contributed by atoms with Gasteiger partial charge in [-0.05, 0) is 35.8 Å². The number of anilines is 1. The molecule has 6 heteroatoms. The molecule has 0 bridgehead atoms. The first-order valence-electron chi connectivity index (χ1n) is 6.95. The molecule has 1 unspecified atom stereocenters. The Morgan fingerprint density at radius 2 is 2.29 bits per heavy atom. The lowest BCUT2D eigenvalue weighted by atomic mass is 10.0. The molecule has 1 aromatic carbocycles. The number of aliphatic imine (C=N–C) groups is 1. The molecule has 0 radical (unpaired) electrons. The van der Waals surface area contributed by atoms with E-state index in [0.717, 1.165) is 23.6 Å². The van der Waals surface area contributed by atoms with Gasteiger partial charge in [0, 0.05) is 11.4 Å². The number of nitrogens with two attached hydrogens (primary N) is 1. The van der Waals surface area contributed by atoms with Gasteiger partial charge in [0.2, 0.25) is 0 Å². The fourth-order valence-electron chi connectivity index (χ4n) is 2.12. The van der Waals surface area contributed by atoms with Crippen LogP contribution in [0.4, 0.5) is 5.69 Å². The lowest BCUT2D eigenvalue weighted by molar-refractivity contribution is 0.0780. The molecule has 0 aliphatic carbocycles. The Morgan fingerprint density at radius 3 is 2.90 bits per heavy atom. The van der Waals surface area contributed by atoms with Crippen molar-refractivity contribution in [2.45, 2.75) is 31.8 Å². The van der Waals surface area contributed by atoms with Gasteiger partial charge in [0.15, 0.2) is 5.96 Å². The lowest BCUT2D eigenvalue weighted by Gasteiger charge is -2.18. The van der Waals surface area contributed by atoms with Gasteiger partial charge in [-0.1, -0.05) is 26.0 Å². The highest BCUT2D eigenvalue weighted by Gasteiger charge is 2.31. The smallest absolute Gasteiger partial charge is 0.193 e. The molecular formula is C15H24IN3OS. The lowest BCUT2D eigenvalue weighted by Crippen LogP contribution is -2.34. The van der Waals surface area contributed by atoms with E-state index in [4.69, 9.17) is 5.73 Å². The fraction of sp³-hybridized carbons (Fsp3) is 0.533. The van der Waals surface area contributed by atoms with Crippen LogP contribution in [0.15, 0.2) is 29.3 Å². The Kier molecular flexibility index (Phi) is 7.29. The Bertz CT molecular complexity index is 488. The molecule has 1 heterocycles. The average Bonchev–Trinajstić information content (AvgIpc) is 2.84. The summed E-state index contributed by atoms with van der Waals surface area (Å²) < 4.78 is 0. The highest BCUT2D eigenvalue weighted by atomic mass is 127. The molecule has 21 heavy (non-hydrogen) atoms. The Balaban J connectivity index is 0.00000220. The standard InChI is InChI=1S/C15H23N3OS.HI/c1-11(2)12-4-3-5-13(8-12)18-14(16)17-9-15(19)6-7-20-10-15;/h3-5,8,11,19H,6-7,9-10H2,1-2H3,(H3,16,17,18);1H. The highest BCUT2D eigenvalue weighted by molar-refractivity contribution is 14.0. The molecule has 1 aromatic rings. The Morgan fingerprint density at radius 1 is 1.52 bits per heavy atom. The molecule has 1 aliphatic rings. The van der Waals surface area contributed by atoms with Crippen LogP contribution < -0.4 is 11.1 Å². The highest BCUT2D eigenvalue weighted by Crippen LogP contribution is 2.27. The van der Waals surface area contributed by atoms with E-state index in [-0.39, 0.29) is 24.0 Å². The molecule has 0 spiro atoms. The normalized spacial score (nSPS) is 22.2. The van der Waals surface area contributed by atoms with E-state index in [1.807, 2.05) is 12.1 Å². The average molecular weight is 421 g/mol. The monoisotopic (exact) mass is 421 g/mol. The zero-order chi connectivity index (χ0) is 14.6. The molecule has 0 saturated carbocycles. The minimum atomic E-state index is -0.684. The zero-order valence-corrected chi connectivity index (χ0v) is 15.7. The summed E-state index contributed by atoms with van der Waals surface area (Å²) in [6, 6.07) is 8.15. The van der Waals surface area contributed by atoms with E-state index in [2.05, 4.69) is 36.3 Å². The molecular weight excluding hydrogens is 397 g/mol. The summed E-state index contributed by atoms with van der Waals surface area (Å²) in [7, 11) is 0. The predicted octanol–water partition coefficient (Wildman–Crippen LogP) is 3.02. The third kappa shape index (κ3) is 5.67. The van der Waals surface area contributed by atoms with Crippen LogP contribution in [-0.2, 0) is 0 Å². The molecule has 0 amide bonds. The van der Waals surface area contributed by atoms with E-state index < -0.39 is 5.60 Å². The van der Waals surface area contributed by atoms with Crippen molar-refractivity contribution in [2.24, 2.45) is 10.7 Å². The number of guanidine groups is 1. The van der Waals surface area contributed by atoms with Crippen molar-refractivity contribution < 1.29 is 5.11 Å². The largest absolute Gasteiger partial charge is 0.387 e. The number of aliphatic hydroxyl groups is 1. The van der Waals surface area contributed by atoms with Crippen molar-refractivity contribution in [3.8, 4) is 0 Å². The van der Waals surface area contributed by atoms with Gasteiger partial charge in [-0.15, -0.1) is 24.0 Å². The van der Waals surface area contributed by atoms with Crippen molar-refractivity contribution in [3.63, 3.8) is 0 Å². The zero-order valence-electron chi connectivity index (χ0n) is 12.5. The predicted molar refractivity (Wildman–Crippen MR) is 103 cm³/mol. The van der Waals surface area contributed by atoms with Crippen molar-refractivity contribution in [3.05, 3.63) is 29.8 Å². The molecule has 1 aliphatic heterocycles. The van der Waals surface area contributed by atoms with Crippen LogP contribution in [-0.4, -0.2) is 34.7 Å². The molecule has 2 rings (SSSR count). The summed E-state index contributed by atoms with van der Waals surface area (Å²) >= 11 is 1.76. The first-order valence-corrected chi connectivity index (χ1v) is 8.11. The quantitative estimate of drug-likeness (QED) is 0.397. The molecule has 4 N–H and O–H groups in total. The maximum absolute atomic E-state index is 10.2. The molecule has 4 nitrogen and oxygen atoms in total. The minimum Gasteiger partial charge on any atom is -0.387 e. The second kappa shape index (κ2) is 8.24. The first kappa shape index (κ1) is 18.6. The third-order valence-corrected chi connectivity index (χ3v) is 4.69. The molecule has 1 atom stereocenters. The van der Waals surface area contributed by atoms with Crippen molar-refractivity contribution in [2.75, 3.05) is 23.4 Å². The Hall–Kier alpha value is -0.470. The van der Waals surface area contributed by atoms with Gasteiger partial charge in [0.1, 0.15) is 0 Å². The number of thioether (sulfide) groups is 1. The van der Waals surface area contributed by atoms with Crippen molar-refractivity contribution in [1.82, 2.24) is 0 Å². The van der Waals surface area contributed by atoms with Gasteiger partial charge in [0.05, 0.1) is 12.1 Å². The summed E-state index contributed by atoms with van der Waals surface area (Å²) in [6.07, 6.45) is 0.789. The first-order chi connectivity index (χ1) is 9.48. The summed E-state index contributed by atoms with van der Waals surface area (Å²) in [4.78, 5) is 4.27. The topological polar surface area (TPSA) is 70.6 Å². The van der Waals surface area contributed by atoms with Crippen LogP contribution in [0.5, 0.6) is 0 Å². The van der Waals surface area contributed by atoms with E-state index in [1.54, 1.807) is 11.8 Å². The maximum Gasteiger partial charge on any atom is 0.193 e. The summed E-state index contributed by atoms with van der Waals surface area (Å²) in [5, 5.41) is 13.3. The molecule has 118 valence electrons. The van der Waals surface area contributed by atoms with Gasteiger partial charge in [-0.25, -0.2) is 0 Å². The van der Waals surface area contributed by atoms with Gasteiger partial charge >= 0.3 is 0 Å². The van der Waals surface area contributed by atoms with Gasteiger partial charge in [-0.2, -0.15) is 11.8 Å². The van der Waals surface area contributed by atoms with Crippen LogP contribution in [0.25, 0.3) is 0 Å². The van der Waals surface area contributed by atoms with E-state index in [0.29, 0.717) is 18.4 Å². The van der Waals surface area contributed by atoms with Crippen LogP contribution in [0.3, 0.4) is 0 Å². The van der Waals surface area contributed by atoms with Gasteiger partial charge < -0.3 is 16.2 Å². The van der Waals surface area contributed by atoms with Crippen molar-refractivity contribution in [1.29, 1.82) is 0 Å². The van der Waals surface area contributed by atoms with E-state index in [9.17, 15) is 5.11 Å². The number of rotatable bonds is 4. The number of halogens is 1. The van der Waals surface area contributed by atoms with Crippen LogP contribution >= 0.6 is 35.7 Å². The van der Waals surface area contributed by atoms with Crippen LogP contribution in [0, 0.1) is 0 Å². The van der Waals surface area contributed by atoms with Crippen LogP contribution in [0.1, 0.15) is 31.7 Å². The summed E-state index contributed by atoms with van der Waals surface area (Å²) in [5.74, 6) is 2.57. The second-order valence-electron chi connectivity index (χ2n) is 5.63. The second-order valence-corrected chi connectivity index (χ2v) is 6.74. The minimum absolute atomic E-state index is 0. The number of benzene rings is 1. The van der Waals surface area contributed by atoms with Gasteiger partial charge in [-0.3, -0.25) is 4.99 Å². The fourth-order valence-corrected chi connectivity index (χ4v) is 3.40. The molecule has 1 saturated heterocycles. The number of hydrogen-bond acceptors (Lipinski definition) is 3. The van der Waals surface area contributed by atoms with Crippen LogP contribution in [0.2, 0.25) is 0 Å². The number of hydrogen-bond donors (Lipinski definition) is 3. The van der Waals surface area contributed by atoms with E-state index in [1.165, 1.54) is 5.56 Å². The SMILES string of the molecule is CC(C)c1cccc(NC(N)=NCC2(O)CCSC2)c1.I. The number of nitrogens with zero attached hydrogens (tertiary/aromatic N) is 1. The van der Waals surface area contributed by atoms with Gasteiger partial charge in [0.25, 0.3) is 0 Å².